The molecule has 0 bridgehead atoms. The van der Waals surface area contributed by atoms with Crippen LogP contribution in [0, 0.1) is 0 Å². The molecule has 1 aliphatic rings. The van der Waals surface area contributed by atoms with Crippen LogP contribution >= 0.6 is 27.5 Å². The van der Waals surface area contributed by atoms with Gasteiger partial charge < -0.3 is 4.98 Å². The Kier molecular flexibility index (Phi) is 5.89. The van der Waals surface area contributed by atoms with E-state index in [4.69, 9.17) is 11.6 Å². The molecule has 2 aromatic rings. The molecule has 0 spiro atoms. The summed E-state index contributed by atoms with van der Waals surface area (Å²) in [5.41, 5.74) is 4.65. The first kappa shape index (κ1) is 19.9. The van der Waals surface area contributed by atoms with E-state index in [2.05, 4.69) is 31.8 Å². The second-order valence-electron chi connectivity index (χ2n) is 5.89. The molecule has 144 valence electrons. The van der Waals surface area contributed by atoms with Gasteiger partial charge in [-0.2, -0.15) is 4.31 Å². The number of hydrazine groups is 1. The number of halogens is 2. The minimum absolute atomic E-state index is 0.0152. The minimum Gasteiger partial charge on any atom is -0.356 e. The average Bonchev–Trinajstić information content (AvgIpc) is 3.31. The molecule has 3 N–H and O–H groups in total. The highest BCUT2D eigenvalue weighted by atomic mass is 79.9. The van der Waals surface area contributed by atoms with Gasteiger partial charge in [-0.1, -0.05) is 11.6 Å². The Balaban J connectivity index is 1.75. The number of aromatic nitrogens is 1. The molecule has 2 heterocycles. The zero-order valence-corrected chi connectivity index (χ0v) is 17.1. The Morgan fingerprint density at radius 2 is 1.78 bits per heavy atom. The maximum Gasteiger partial charge on any atom is 0.286 e. The van der Waals surface area contributed by atoms with Crippen LogP contribution in [-0.2, 0) is 10.0 Å². The Morgan fingerprint density at radius 1 is 1.11 bits per heavy atom. The lowest BCUT2D eigenvalue weighted by atomic mass is 10.2. The van der Waals surface area contributed by atoms with Crippen molar-refractivity contribution in [1.82, 2.24) is 20.1 Å². The van der Waals surface area contributed by atoms with E-state index in [1.54, 1.807) is 6.20 Å². The topological polar surface area (TPSA) is 111 Å². The van der Waals surface area contributed by atoms with Crippen LogP contribution in [0.3, 0.4) is 0 Å². The van der Waals surface area contributed by atoms with Gasteiger partial charge in [0.1, 0.15) is 5.69 Å². The second-order valence-corrected chi connectivity index (χ2v) is 9.15. The summed E-state index contributed by atoms with van der Waals surface area (Å²) in [5.74, 6) is -1.29. The molecule has 1 fully saturated rings. The zero-order chi connectivity index (χ0) is 19.6. The van der Waals surface area contributed by atoms with Crippen LogP contribution in [-0.4, -0.2) is 42.6 Å². The Hall–Kier alpha value is -1.88. The van der Waals surface area contributed by atoms with Crippen LogP contribution in [0.5, 0.6) is 0 Å². The largest absolute Gasteiger partial charge is 0.356 e. The van der Waals surface area contributed by atoms with Crippen molar-refractivity contribution in [2.24, 2.45) is 0 Å². The summed E-state index contributed by atoms with van der Waals surface area (Å²) in [4.78, 5) is 27.0. The number of H-pyrrole nitrogens is 1. The van der Waals surface area contributed by atoms with Gasteiger partial charge in [-0.05, 0) is 53.0 Å². The number of nitrogens with zero attached hydrogens (tertiary/aromatic N) is 1. The summed E-state index contributed by atoms with van der Waals surface area (Å²) < 4.78 is 27.4. The van der Waals surface area contributed by atoms with Crippen LogP contribution < -0.4 is 10.9 Å². The van der Waals surface area contributed by atoms with E-state index >= 15 is 0 Å². The van der Waals surface area contributed by atoms with E-state index in [0.29, 0.717) is 17.6 Å². The summed E-state index contributed by atoms with van der Waals surface area (Å²) in [5, 5.41) is 0.0738. The Bertz CT molecular complexity index is 986. The number of aromatic amines is 1. The number of amides is 2. The first-order valence-corrected chi connectivity index (χ1v) is 10.6. The normalized spacial score (nSPS) is 14.9. The molecule has 27 heavy (non-hydrogen) atoms. The highest BCUT2D eigenvalue weighted by molar-refractivity contribution is 9.10. The lowest BCUT2D eigenvalue weighted by Gasteiger charge is -2.16. The van der Waals surface area contributed by atoms with E-state index in [1.165, 1.54) is 28.6 Å². The summed E-state index contributed by atoms with van der Waals surface area (Å²) in [6, 6.07) is 5.46. The van der Waals surface area contributed by atoms with Gasteiger partial charge in [0.2, 0.25) is 10.0 Å². The number of benzene rings is 1. The van der Waals surface area contributed by atoms with Crippen molar-refractivity contribution < 1.29 is 18.0 Å². The monoisotopic (exact) mass is 474 g/mol. The van der Waals surface area contributed by atoms with E-state index in [9.17, 15) is 18.0 Å². The third-order valence-corrected chi connectivity index (χ3v) is 6.75. The molecule has 1 aliphatic heterocycles. The fourth-order valence-electron chi connectivity index (χ4n) is 2.66. The molecule has 0 atom stereocenters. The van der Waals surface area contributed by atoms with Crippen molar-refractivity contribution in [3.8, 4) is 0 Å². The third-order valence-electron chi connectivity index (χ3n) is 4.07. The zero-order valence-electron chi connectivity index (χ0n) is 14.0. The van der Waals surface area contributed by atoms with E-state index in [-0.39, 0.29) is 21.2 Å². The molecule has 11 heteroatoms. The van der Waals surface area contributed by atoms with Crippen molar-refractivity contribution in [3.63, 3.8) is 0 Å². The smallest absolute Gasteiger partial charge is 0.286 e. The molecule has 0 unspecified atom stereocenters. The highest BCUT2D eigenvalue weighted by Crippen LogP contribution is 2.25. The quantitative estimate of drug-likeness (QED) is 0.589. The molecule has 2 amide bonds. The van der Waals surface area contributed by atoms with Gasteiger partial charge in [0.25, 0.3) is 11.8 Å². The maximum atomic E-state index is 12.6. The summed E-state index contributed by atoms with van der Waals surface area (Å²) >= 11 is 9.25. The van der Waals surface area contributed by atoms with Crippen LogP contribution in [0.25, 0.3) is 0 Å². The molecule has 1 saturated heterocycles. The highest BCUT2D eigenvalue weighted by Gasteiger charge is 2.28. The van der Waals surface area contributed by atoms with Crippen molar-refractivity contribution in [1.29, 1.82) is 0 Å². The lowest BCUT2D eigenvalue weighted by molar-refractivity contribution is 0.0844. The number of hydrogen-bond acceptors (Lipinski definition) is 4. The number of carbonyl (C=O) groups excluding carboxylic acids is 2. The predicted octanol–water partition coefficient (Wildman–Crippen LogP) is 2.29. The van der Waals surface area contributed by atoms with Crippen LogP contribution in [0.1, 0.15) is 33.7 Å². The summed E-state index contributed by atoms with van der Waals surface area (Å²) in [7, 11) is -3.69. The van der Waals surface area contributed by atoms with Crippen molar-refractivity contribution >= 4 is 49.4 Å². The number of carbonyl (C=O) groups is 2. The molecule has 0 radical (unpaired) electrons. The molecular weight excluding hydrogens is 460 g/mol. The molecule has 3 rings (SSSR count). The molecule has 0 saturated carbocycles. The number of hydrogen-bond donors (Lipinski definition) is 3. The van der Waals surface area contributed by atoms with Crippen molar-refractivity contribution in [3.05, 3.63) is 51.2 Å². The SMILES string of the molecule is O=C(NNC(=O)c1cc(S(=O)(=O)N2CCCC2)ccc1Cl)c1cc(Br)c[nH]1. The molecule has 1 aromatic heterocycles. The summed E-state index contributed by atoms with van der Waals surface area (Å²) in [6.07, 6.45) is 3.18. The van der Waals surface area contributed by atoms with Gasteiger partial charge in [0, 0.05) is 23.8 Å². The fraction of sp³-hybridized carbons (Fsp3) is 0.250. The standard InChI is InChI=1S/C16H16BrClN4O4S/c17-10-7-14(19-9-10)16(24)21-20-15(23)12-8-11(3-4-13(12)18)27(25,26)22-5-1-2-6-22/h3-4,7-9,19H,1-2,5-6H2,(H,20,23)(H,21,24). The van der Waals surface area contributed by atoms with E-state index in [0.717, 1.165) is 12.8 Å². The summed E-state index contributed by atoms with van der Waals surface area (Å²) in [6.45, 7) is 0.905. The van der Waals surface area contributed by atoms with Gasteiger partial charge in [0.15, 0.2) is 0 Å². The number of rotatable bonds is 4. The third kappa shape index (κ3) is 4.34. The second kappa shape index (κ2) is 8.01. The van der Waals surface area contributed by atoms with Crippen LogP contribution in [0.2, 0.25) is 5.02 Å². The van der Waals surface area contributed by atoms with Crippen LogP contribution in [0.4, 0.5) is 0 Å². The maximum absolute atomic E-state index is 12.6. The Labute approximate surface area is 169 Å². The Morgan fingerprint density at radius 3 is 2.41 bits per heavy atom. The average molecular weight is 476 g/mol. The van der Waals surface area contributed by atoms with E-state index < -0.39 is 21.8 Å². The van der Waals surface area contributed by atoms with Crippen molar-refractivity contribution in [2.45, 2.75) is 17.7 Å². The number of nitrogens with one attached hydrogen (secondary N) is 3. The van der Waals surface area contributed by atoms with Crippen molar-refractivity contribution in [2.75, 3.05) is 13.1 Å². The van der Waals surface area contributed by atoms with Gasteiger partial charge >= 0.3 is 0 Å². The number of sulfonamides is 1. The predicted molar refractivity (Wildman–Crippen MR) is 103 cm³/mol. The molecule has 0 aliphatic carbocycles. The molecular formula is C16H16BrClN4O4S. The first-order valence-electron chi connectivity index (χ1n) is 8.03. The van der Waals surface area contributed by atoms with Crippen LogP contribution in [0.15, 0.2) is 39.8 Å². The lowest BCUT2D eigenvalue weighted by Crippen LogP contribution is -2.42. The van der Waals surface area contributed by atoms with Gasteiger partial charge in [-0.15, -0.1) is 0 Å². The van der Waals surface area contributed by atoms with Gasteiger partial charge in [-0.3, -0.25) is 20.4 Å². The van der Waals surface area contributed by atoms with Gasteiger partial charge in [0.05, 0.1) is 15.5 Å². The minimum atomic E-state index is -3.69. The first-order chi connectivity index (χ1) is 12.8. The molecule has 1 aromatic carbocycles. The van der Waals surface area contributed by atoms with E-state index in [1.807, 2.05) is 0 Å². The fourth-order valence-corrected chi connectivity index (χ4v) is 4.75. The van der Waals surface area contributed by atoms with Gasteiger partial charge in [-0.25, -0.2) is 8.42 Å². The molecule has 8 nitrogen and oxygen atoms in total.